The molecule has 0 aliphatic rings. The Morgan fingerprint density at radius 1 is 1.50 bits per heavy atom. The molecule has 0 rings (SSSR count). The van der Waals surface area contributed by atoms with E-state index in [-0.39, 0.29) is 6.61 Å². The fraction of sp³-hybridized carbons (Fsp3) is 0.818. The summed E-state index contributed by atoms with van der Waals surface area (Å²) in [6.45, 7) is 3.42. The van der Waals surface area contributed by atoms with Crippen LogP contribution in [0.15, 0.2) is 0 Å². The molecular weight excluding hydrogens is 256 g/mol. The Hall–Kier alpha value is -0.790. The third kappa shape index (κ3) is 6.23. The summed E-state index contributed by atoms with van der Waals surface area (Å²) in [5, 5.41) is 12.0. The molecule has 0 saturated carbocycles. The number of ether oxygens (including phenoxy) is 1. The first-order chi connectivity index (χ1) is 8.43. The van der Waals surface area contributed by atoms with Gasteiger partial charge in [0.1, 0.15) is 12.1 Å². The summed E-state index contributed by atoms with van der Waals surface area (Å²) in [7, 11) is 0. The molecule has 0 aliphatic carbocycles. The summed E-state index contributed by atoms with van der Waals surface area (Å²) in [4.78, 5) is 22.9. The number of hydrogen-bond acceptors (Lipinski definition) is 6. The number of esters is 1. The second-order valence-corrected chi connectivity index (χ2v) is 4.86. The summed E-state index contributed by atoms with van der Waals surface area (Å²) >= 11 is 1.59. The summed E-state index contributed by atoms with van der Waals surface area (Å²) in [6, 6.07) is -1.42. The molecule has 0 aromatic rings. The fourth-order valence-electron chi connectivity index (χ4n) is 1.23. The van der Waals surface area contributed by atoms with Crippen LogP contribution in [0.25, 0.3) is 0 Å². The Morgan fingerprint density at radius 2 is 2.11 bits per heavy atom. The molecule has 6 nitrogen and oxygen atoms in total. The van der Waals surface area contributed by atoms with Gasteiger partial charge in [0, 0.05) is 6.04 Å². The number of aliphatic hydroxyl groups excluding tert-OH is 1. The van der Waals surface area contributed by atoms with E-state index in [2.05, 4.69) is 5.32 Å². The molecule has 0 aliphatic heterocycles. The minimum absolute atomic E-state index is 0.245. The highest BCUT2D eigenvalue weighted by Gasteiger charge is 2.25. The largest absolute Gasteiger partial charge is 0.464 e. The van der Waals surface area contributed by atoms with Gasteiger partial charge in [-0.2, -0.15) is 11.8 Å². The normalized spacial score (nSPS) is 15.6. The minimum Gasteiger partial charge on any atom is -0.464 e. The molecule has 0 aromatic carbocycles. The van der Waals surface area contributed by atoms with Gasteiger partial charge in [-0.1, -0.05) is 0 Å². The van der Waals surface area contributed by atoms with Crippen molar-refractivity contribution in [2.75, 3.05) is 18.6 Å². The number of hydrogen-bond donors (Lipinski definition) is 3. The lowest BCUT2D eigenvalue weighted by Crippen LogP contribution is -2.50. The van der Waals surface area contributed by atoms with Crippen molar-refractivity contribution in [3.63, 3.8) is 0 Å². The average molecular weight is 278 g/mol. The predicted octanol–water partition coefficient (Wildman–Crippen LogP) is -0.504. The lowest BCUT2D eigenvalue weighted by Gasteiger charge is -2.20. The van der Waals surface area contributed by atoms with Crippen molar-refractivity contribution in [2.24, 2.45) is 5.73 Å². The Labute approximate surface area is 112 Å². The van der Waals surface area contributed by atoms with Gasteiger partial charge in [-0.15, -0.1) is 0 Å². The number of carbonyl (C=O) groups is 2. The second kappa shape index (κ2) is 9.18. The van der Waals surface area contributed by atoms with E-state index in [1.165, 1.54) is 6.92 Å². The van der Waals surface area contributed by atoms with Gasteiger partial charge in [0.25, 0.3) is 5.91 Å². The third-order valence-corrected chi connectivity index (χ3v) is 2.97. The monoisotopic (exact) mass is 278 g/mol. The highest BCUT2D eigenvalue weighted by atomic mass is 32.2. The zero-order valence-electron chi connectivity index (χ0n) is 11.0. The van der Waals surface area contributed by atoms with Crippen molar-refractivity contribution in [3.8, 4) is 0 Å². The number of carbonyl (C=O) groups excluding carboxylic acids is 2. The number of nitrogens with two attached hydrogens (primary N) is 1. The summed E-state index contributed by atoms with van der Waals surface area (Å²) in [5.41, 5.74) is 5.67. The van der Waals surface area contributed by atoms with Crippen LogP contribution in [0.4, 0.5) is 0 Å². The molecule has 0 bridgehead atoms. The number of rotatable bonds is 8. The van der Waals surface area contributed by atoms with Crippen LogP contribution in [0.2, 0.25) is 0 Å². The van der Waals surface area contributed by atoms with Crippen LogP contribution in [0.3, 0.4) is 0 Å². The van der Waals surface area contributed by atoms with Gasteiger partial charge < -0.3 is 20.9 Å². The van der Waals surface area contributed by atoms with Crippen molar-refractivity contribution in [1.82, 2.24) is 5.32 Å². The van der Waals surface area contributed by atoms with Crippen molar-refractivity contribution < 1.29 is 19.4 Å². The lowest BCUT2D eigenvalue weighted by molar-refractivity contribution is -0.148. The van der Waals surface area contributed by atoms with Crippen LogP contribution in [0.1, 0.15) is 20.3 Å². The van der Waals surface area contributed by atoms with E-state index < -0.39 is 30.1 Å². The van der Waals surface area contributed by atoms with E-state index >= 15 is 0 Å². The molecule has 3 unspecified atom stereocenters. The fourth-order valence-corrected chi connectivity index (χ4v) is 1.74. The number of nitrogens with one attached hydrogen (secondary N) is 1. The molecule has 0 heterocycles. The molecule has 0 fully saturated rings. The first-order valence-electron chi connectivity index (χ1n) is 5.83. The molecule has 3 atom stereocenters. The zero-order valence-corrected chi connectivity index (χ0v) is 11.8. The van der Waals surface area contributed by atoms with E-state index in [9.17, 15) is 14.7 Å². The van der Waals surface area contributed by atoms with Gasteiger partial charge in [-0.05, 0) is 32.3 Å². The molecule has 0 spiro atoms. The van der Waals surface area contributed by atoms with Crippen molar-refractivity contribution in [3.05, 3.63) is 0 Å². The van der Waals surface area contributed by atoms with Crippen LogP contribution in [0, 0.1) is 0 Å². The Bertz CT molecular complexity index is 276. The third-order valence-electron chi connectivity index (χ3n) is 2.33. The molecule has 4 N–H and O–H groups in total. The predicted molar refractivity (Wildman–Crippen MR) is 71.2 cm³/mol. The van der Waals surface area contributed by atoms with E-state index in [0.717, 1.165) is 5.75 Å². The standard InChI is InChI=1S/C11H22N2O4S/c1-4-17-11(16)7(2)13-10(15)9(14)8(12)5-6-18-3/h7-9,14H,4-6,12H2,1-3H3,(H,13,15). The van der Waals surface area contributed by atoms with Crippen LogP contribution in [-0.4, -0.2) is 53.8 Å². The summed E-state index contributed by atoms with van der Waals surface area (Å²) in [5.74, 6) is -0.418. The van der Waals surface area contributed by atoms with Crippen molar-refractivity contribution in [2.45, 2.75) is 38.5 Å². The maximum atomic E-state index is 11.6. The Morgan fingerprint density at radius 3 is 2.61 bits per heavy atom. The zero-order chi connectivity index (χ0) is 14.1. The molecule has 0 radical (unpaired) electrons. The van der Waals surface area contributed by atoms with Crippen LogP contribution in [-0.2, 0) is 14.3 Å². The second-order valence-electron chi connectivity index (χ2n) is 3.87. The molecule has 0 saturated heterocycles. The number of amides is 1. The maximum Gasteiger partial charge on any atom is 0.328 e. The lowest BCUT2D eigenvalue weighted by atomic mass is 10.1. The summed E-state index contributed by atoms with van der Waals surface area (Å²) < 4.78 is 4.74. The SMILES string of the molecule is CCOC(=O)C(C)NC(=O)C(O)C(N)CCSC. The molecule has 0 aromatic heterocycles. The topological polar surface area (TPSA) is 102 Å². The van der Waals surface area contributed by atoms with Crippen LogP contribution < -0.4 is 11.1 Å². The molecule has 106 valence electrons. The van der Waals surface area contributed by atoms with E-state index in [0.29, 0.717) is 6.42 Å². The minimum atomic E-state index is -1.31. The average Bonchev–Trinajstić information content (AvgIpc) is 2.34. The maximum absolute atomic E-state index is 11.6. The molecule has 7 heteroatoms. The molecule has 18 heavy (non-hydrogen) atoms. The van der Waals surface area contributed by atoms with E-state index in [4.69, 9.17) is 10.5 Å². The van der Waals surface area contributed by atoms with Crippen LogP contribution >= 0.6 is 11.8 Å². The summed E-state index contributed by atoms with van der Waals surface area (Å²) in [6.07, 6.45) is 1.14. The Balaban J connectivity index is 4.18. The van der Waals surface area contributed by atoms with Crippen molar-refractivity contribution in [1.29, 1.82) is 0 Å². The quantitative estimate of drug-likeness (QED) is 0.517. The number of aliphatic hydroxyl groups is 1. The smallest absolute Gasteiger partial charge is 0.328 e. The number of thioether (sulfide) groups is 1. The van der Waals surface area contributed by atoms with Gasteiger partial charge >= 0.3 is 5.97 Å². The van der Waals surface area contributed by atoms with Gasteiger partial charge in [0.05, 0.1) is 6.61 Å². The molecular formula is C11H22N2O4S. The molecule has 1 amide bonds. The highest BCUT2D eigenvalue weighted by Crippen LogP contribution is 2.03. The Kier molecular flexibility index (Phi) is 8.78. The first-order valence-corrected chi connectivity index (χ1v) is 7.23. The van der Waals surface area contributed by atoms with Crippen molar-refractivity contribution >= 4 is 23.6 Å². The highest BCUT2D eigenvalue weighted by molar-refractivity contribution is 7.98. The van der Waals surface area contributed by atoms with Gasteiger partial charge in [0.2, 0.25) is 0 Å². The van der Waals surface area contributed by atoms with Crippen LogP contribution in [0.5, 0.6) is 0 Å². The first kappa shape index (κ1) is 17.2. The van der Waals surface area contributed by atoms with Gasteiger partial charge in [0.15, 0.2) is 0 Å². The van der Waals surface area contributed by atoms with Gasteiger partial charge in [-0.25, -0.2) is 4.79 Å². The van der Waals surface area contributed by atoms with Gasteiger partial charge in [-0.3, -0.25) is 4.79 Å². The van der Waals surface area contributed by atoms with E-state index in [1.54, 1.807) is 18.7 Å². The van der Waals surface area contributed by atoms with E-state index in [1.807, 2.05) is 6.26 Å².